The van der Waals surface area contributed by atoms with E-state index in [0.29, 0.717) is 23.8 Å². The Balaban J connectivity index is 1.78. The van der Waals surface area contributed by atoms with Crippen molar-refractivity contribution in [2.45, 2.75) is 25.6 Å². The van der Waals surface area contributed by atoms with E-state index in [1.807, 2.05) is 67.6 Å². The number of para-hydroxylation sites is 1. The van der Waals surface area contributed by atoms with Crippen LogP contribution in [0.5, 0.6) is 17.2 Å². The van der Waals surface area contributed by atoms with Crippen LogP contribution in [0.15, 0.2) is 71.7 Å². The molecule has 3 aromatic carbocycles. The van der Waals surface area contributed by atoms with Gasteiger partial charge in [0.2, 0.25) is 0 Å². The number of nitrogens with zero attached hydrogens (tertiary/aromatic N) is 1. The highest BCUT2D eigenvalue weighted by molar-refractivity contribution is 6.31. The van der Waals surface area contributed by atoms with Crippen LogP contribution in [0.4, 0.5) is 0 Å². The summed E-state index contributed by atoms with van der Waals surface area (Å²) in [6, 6.07) is 20.9. The number of hydrogen-bond donors (Lipinski definition) is 2. The Kier molecular flexibility index (Phi) is 6.44. The van der Waals surface area contributed by atoms with Gasteiger partial charge in [-0.25, -0.2) is 0 Å². The zero-order valence-corrected chi connectivity index (χ0v) is 18.3. The monoisotopic (exact) mass is 436 g/mol. The highest BCUT2D eigenvalue weighted by Crippen LogP contribution is 2.39. The topological polar surface area (TPSA) is 63.1 Å². The molecule has 0 saturated carbocycles. The molecule has 6 heteroatoms. The van der Waals surface area contributed by atoms with Crippen molar-refractivity contribution < 1.29 is 14.6 Å². The van der Waals surface area contributed by atoms with Gasteiger partial charge in [0.05, 0.1) is 13.7 Å². The van der Waals surface area contributed by atoms with E-state index in [9.17, 15) is 5.11 Å². The Morgan fingerprint density at radius 3 is 2.61 bits per heavy atom. The molecule has 5 nitrogen and oxygen atoms in total. The minimum Gasteiger partial charge on any atom is -0.504 e. The van der Waals surface area contributed by atoms with E-state index in [4.69, 9.17) is 26.1 Å². The first-order valence-corrected chi connectivity index (χ1v) is 10.6. The summed E-state index contributed by atoms with van der Waals surface area (Å²) in [4.78, 5) is 4.98. The summed E-state index contributed by atoms with van der Waals surface area (Å²) >= 11 is 6.49. The van der Waals surface area contributed by atoms with E-state index < -0.39 is 0 Å². The highest BCUT2D eigenvalue weighted by atomic mass is 35.5. The summed E-state index contributed by atoms with van der Waals surface area (Å²) in [5, 5.41) is 15.1. The van der Waals surface area contributed by atoms with E-state index in [2.05, 4.69) is 5.32 Å². The number of benzene rings is 3. The molecule has 2 atom stereocenters. The highest BCUT2D eigenvalue weighted by Gasteiger charge is 2.29. The lowest BCUT2D eigenvalue weighted by atomic mass is 9.93. The molecule has 0 unspecified atom stereocenters. The number of nitrogens with one attached hydrogen (secondary N) is 1. The molecule has 0 fully saturated rings. The van der Waals surface area contributed by atoms with Crippen molar-refractivity contribution in [3.63, 3.8) is 0 Å². The molecule has 1 aliphatic rings. The minimum atomic E-state index is -0.358. The average Bonchev–Trinajstić information content (AvgIpc) is 2.80. The van der Waals surface area contributed by atoms with E-state index in [0.717, 1.165) is 28.2 Å². The van der Waals surface area contributed by atoms with E-state index in [-0.39, 0.29) is 18.0 Å². The lowest BCUT2D eigenvalue weighted by Crippen LogP contribution is -2.33. The quantitative estimate of drug-likeness (QED) is 0.522. The predicted molar refractivity (Wildman–Crippen MR) is 123 cm³/mol. The van der Waals surface area contributed by atoms with Gasteiger partial charge in [-0.05, 0) is 36.8 Å². The molecule has 0 bridgehead atoms. The predicted octanol–water partition coefficient (Wildman–Crippen LogP) is 5.68. The fraction of sp³-hybridized carbons (Fsp3) is 0.240. The molecule has 3 aromatic rings. The van der Waals surface area contributed by atoms with Gasteiger partial charge in [0.1, 0.15) is 11.9 Å². The number of aromatic hydroxyl groups is 1. The van der Waals surface area contributed by atoms with E-state index in [1.54, 1.807) is 13.2 Å². The maximum atomic E-state index is 10.9. The van der Waals surface area contributed by atoms with E-state index >= 15 is 0 Å². The van der Waals surface area contributed by atoms with Crippen LogP contribution in [0.1, 0.15) is 42.2 Å². The van der Waals surface area contributed by atoms with E-state index in [1.165, 1.54) is 0 Å². The lowest BCUT2D eigenvalue weighted by molar-refractivity contribution is 0.313. The molecule has 160 valence electrons. The summed E-state index contributed by atoms with van der Waals surface area (Å²) in [5.41, 5.74) is 3.53. The van der Waals surface area contributed by atoms with Gasteiger partial charge in [0.15, 0.2) is 11.5 Å². The molecule has 4 rings (SSSR count). The third-order valence-electron chi connectivity index (χ3n) is 5.35. The van der Waals surface area contributed by atoms with Gasteiger partial charge in [0.25, 0.3) is 0 Å². The summed E-state index contributed by atoms with van der Waals surface area (Å²) in [5.74, 6) is 1.39. The molecule has 0 aliphatic carbocycles. The molecule has 0 amide bonds. The molecule has 1 heterocycles. The molecule has 1 aliphatic heterocycles. The standard InChI is InChI=1S/C25H25ClN2O3/c1-3-31-23-13-7-11-19(24(23)29)22-15-21(16-8-6-9-17(14-16)30-2)27-25(28-22)18-10-4-5-12-20(18)26/h4-14,22,25,28-29H,3,15H2,1-2H3/t22-,25-/m1/s1. The van der Waals surface area contributed by atoms with Crippen LogP contribution in [-0.4, -0.2) is 24.5 Å². The molecule has 0 saturated heterocycles. The van der Waals surface area contributed by atoms with Crippen molar-refractivity contribution in [3.05, 3.63) is 88.4 Å². The number of rotatable bonds is 6. The van der Waals surface area contributed by atoms with Crippen molar-refractivity contribution in [3.8, 4) is 17.2 Å². The number of phenolic OH excluding ortho intramolecular Hbond substituents is 1. The number of phenols is 1. The van der Waals surface area contributed by atoms with Crippen LogP contribution in [0.3, 0.4) is 0 Å². The van der Waals surface area contributed by atoms with Gasteiger partial charge in [-0.3, -0.25) is 10.3 Å². The molecular formula is C25H25ClN2O3. The normalized spacial score (nSPS) is 18.4. The van der Waals surface area contributed by atoms with Gasteiger partial charge < -0.3 is 14.6 Å². The molecule has 0 spiro atoms. The lowest BCUT2D eigenvalue weighted by Gasteiger charge is -2.31. The maximum Gasteiger partial charge on any atom is 0.162 e. The van der Waals surface area contributed by atoms with Crippen LogP contribution in [-0.2, 0) is 0 Å². The number of hydrogen-bond acceptors (Lipinski definition) is 5. The SMILES string of the molecule is CCOc1cccc([C@H]2CC(c3cccc(OC)c3)=N[C@@H](c3ccccc3Cl)N2)c1O. The number of aliphatic imine (C=N–C) groups is 1. The molecule has 31 heavy (non-hydrogen) atoms. The van der Waals surface area contributed by atoms with Crippen LogP contribution in [0, 0.1) is 0 Å². The van der Waals surface area contributed by atoms with Gasteiger partial charge >= 0.3 is 0 Å². The summed E-state index contributed by atoms with van der Waals surface area (Å²) in [7, 11) is 1.65. The fourth-order valence-corrected chi connectivity index (χ4v) is 4.07. The van der Waals surface area contributed by atoms with Crippen molar-refractivity contribution in [2.24, 2.45) is 4.99 Å². The van der Waals surface area contributed by atoms with Crippen LogP contribution in [0.25, 0.3) is 0 Å². The van der Waals surface area contributed by atoms with Crippen LogP contribution >= 0.6 is 11.6 Å². The average molecular weight is 437 g/mol. The largest absolute Gasteiger partial charge is 0.504 e. The van der Waals surface area contributed by atoms with Gasteiger partial charge in [-0.15, -0.1) is 0 Å². The summed E-state index contributed by atoms with van der Waals surface area (Å²) in [6.07, 6.45) is 0.237. The Labute approximate surface area is 187 Å². The zero-order chi connectivity index (χ0) is 21.8. The number of methoxy groups -OCH3 is 1. The van der Waals surface area contributed by atoms with Gasteiger partial charge in [0, 0.05) is 34.3 Å². The van der Waals surface area contributed by atoms with Crippen LogP contribution < -0.4 is 14.8 Å². The minimum absolute atomic E-state index is 0.145. The molecule has 0 radical (unpaired) electrons. The molecular weight excluding hydrogens is 412 g/mol. The second-order valence-electron chi connectivity index (χ2n) is 7.28. The van der Waals surface area contributed by atoms with Crippen molar-refractivity contribution in [2.75, 3.05) is 13.7 Å². The molecule has 0 aromatic heterocycles. The van der Waals surface area contributed by atoms with Crippen molar-refractivity contribution >= 4 is 17.3 Å². The number of ether oxygens (including phenoxy) is 2. The Morgan fingerprint density at radius 2 is 1.84 bits per heavy atom. The van der Waals surface area contributed by atoms with Crippen molar-refractivity contribution in [1.82, 2.24) is 5.32 Å². The first kappa shape index (κ1) is 21.2. The smallest absolute Gasteiger partial charge is 0.162 e. The first-order chi connectivity index (χ1) is 15.1. The van der Waals surface area contributed by atoms with Crippen molar-refractivity contribution in [1.29, 1.82) is 0 Å². The first-order valence-electron chi connectivity index (χ1n) is 10.3. The maximum absolute atomic E-state index is 10.9. The summed E-state index contributed by atoms with van der Waals surface area (Å²) < 4.78 is 11.0. The Morgan fingerprint density at radius 1 is 1.06 bits per heavy atom. The number of halogens is 1. The molecule has 2 N–H and O–H groups in total. The van der Waals surface area contributed by atoms with Gasteiger partial charge in [-0.2, -0.15) is 0 Å². The summed E-state index contributed by atoms with van der Waals surface area (Å²) in [6.45, 7) is 2.37. The third kappa shape index (κ3) is 4.53. The second-order valence-corrected chi connectivity index (χ2v) is 7.69. The van der Waals surface area contributed by atoms with Crippen LogP contribution in [0.2, 0.25) is 5.02 Å². The zero-order valence-electron chi connectivity index (χ0n) is 17.5. The Bertz CT molecular complexity index is 1100. The fourth-order valence-electron chi connectivity index (χ4n) is 3.83. The third-order valence-corrected chi connectivity index (χ3v) is 5.69. The second kappa shape index (κ2) is 9.41. The Hall–Kier alpha value is -3.02. The van der Waals surface area contributed by atoms with Gasteiger partial charge in [-0.1, -0.05) is 54.1 Å².